The summed E-state index contributed by atoms with van der Waals surface area (Å²) >= 11 is 1.69. The summed E-state index contributed by atoms with van der Waals surface area (Å²) in [5.74, 6) is 0. The van der Waals surface area contributed by atoms with E-state index in [1.165, 1.54) is 4.88 Å². The molecule has 1 aromatic heterocycles. The molecule has 0 spiro atoms. The first kappa shape index (κ1) is 9.64. The summed E-state index contributed by atoms with van der Waals surface area (Å²) < 4.78 is 5.31. The molecule has 1 aromatic rings. The minimum absolute atomic E-state index is 0.580. The zero-order valence-electron chi connectivity index (χ0n) is 7.46. The highest BCUT2D eigenvalue weighted by molar-refractivity contribution is 7.11. The lowest BCUT2D eigenvalue weighted by Gasteiger charge is -1.99. The van der Waals surface area contributed by atoms with E-state index in [1.54, 1.807) is 11.3 Å². The van der Waals surface area contributed by atoms with Gasteiger partial charge in [-0.05, 0) is 13.8 Å². The van der Waals surface area contributed by atoms with Crippen LogP contribution in [0.1, 0.15) is 15.6 Å². The molecule has 0 aliphatic rings. The number of rotatable bonds is 4. The van der Waals surface area contributed by atoms with Gasteiger partial charge < -0.3 is 10.5 Å². The van der Waals surface area contributed by atoms with E-state index in [4.69, 9.17) is 10.5 Å². The molecule has 68 valence electrons. The van der Waals surface area contributed by atoms with Gasteiger partial charge in [0.1, 0.15) is 0 Å². The Bertz CT molecular complexity index is 247. The van der Waals surface area contributed by atoms with Gasteiger partial charge in [-0.2, -0.15) is 0 Å². The molecule has 0 aliphatic carbocycles. The highest BCUT2D eigenvalue weighted by atomic mass is 32.1. The highest BCUT2D eigenvalue weighted by Gasteiger charge is 2.03. The summed E-state index contributed by atoms with van der Waals surface area (Å²) in [4.78, 5) is 5.51. The number of ether oxygens (including phenoxy) is 1. The molecule has 1 rings (SSSR count). The van der Waals surface area contributed by atoms with Crippen molar-refractivity contribution in [3.8, 4) is 0 Å². The highest BCUT2D eigenvalue weighted by Crippen LogP contribution is 2.17. The van der Waals surface area contributed by atoms with Crippen molar-refractivity contribution in [1.82, 2.24) is 4.98 Å². The zero-order chi connectivity index (χ0) is 8.97. The Labute approximate surface area is 76.6 Å². The van der Waals surface area contributed by atoms with Crippen molar-refractivity contribution in [2.24, 2.45) is 5.73 Å². The largest absolute Gasteiger partial charge is 0.375 e. The molecule has 0 fully saturated rings. The van der Waals surface area contributed by atoms with E-state index in [-0.39, 0.29) is 0 Å². The van der Waals surface area contributed by atoms with Crippen molar-refractivity contribution in [2.75, 3.05) is 13.2 Å². The van der Waals surface area contributed by atoms with Crippen molar-refractivity contribution in [3.63, 3.8) is 0 Å². The van der Waals surface area contributed by atoms with E-state index < -0.39 is 0 Å². The third-order valence-electron chi connectivity index (χ3n) is 1.49. The first-order valence-electron chi connectivity index (χ1n) is 3.94. The summed E-state index contributed by atoms with van der Waals surface area (Å²) in [6.07, 6.45) is 0. The maximum absolute atomic E-state index is 5.31. The second-order valence-corrected chi connectivity index (χ2v) is 3.87. The van der Waals surface area contributed by atoms with Crippen molar-refractivity contribution < 1.29 is 4.74 Å². The van der Waals surface area contributed by atoms with E-state index in [9.17, 15) is 0 Å². The van der Waals surface area contributed by atoms with Gasteiger partial charge >= 0.3 is 0 Å². The maximum Gasteiger partial charge on any atom is 0.0900 e. The van der Waals surface area contributed by atoms with Crippen LogP contribution in [0.15, 0.2) is 0 Å². The van der Waals surface area contributed by atoms with Gasteiger partial charge in [-0.15, -0.1) is 11.3 Å². The average Bonchev–Trinajstić information content (AvgIpc) is 2.31. The van der Waals surface area contributed by atoms with Gasteiger partial charge in [0, 0.05) is 6.54 Å². The number of aryl methyl sites for hydroxylation is 2. The van der Waals surface area contributed by atoms with Crippen LogP contribution in [0.25, 0.3) is 0 Å². The molecule has 12 heavy (non-hydrogen) atoms. The molecule has 2 N–H and O–H groups in total. The fourth-order valence-electron chi connectivity index (χ4n) is 0.956. The Hall–Kier alpha value is -0.450. The summed E-state index contributed by atoms with van der Waals surface area (Å²) in [6.45, 7) is 5.86. The Balaban J connectivity index is 2.45. The molecule has 0 unspecified atom stereocenters. The molecule has 0 radical (unpaired) electrons. The lowest BCUT2D eigenvalue weighted by Crippen LogP contribution is -2.07. The van der Waals surface area contributed by atoms with Gasteiger partial charge in [-0.25, -0.2) is 4.98 Å². The third kappa shape index (κ3) is 2.55. The van der Waals surface area contributed by atoms with E-state index in [0.717, 1.165) is 10.7 Å². The predicted octanol–water partition coefficient (Wildman–Crippen LogP) is 1.24. The number of aromatic nitrogens is 1. The summed E-state index contributed by atoms with van der Waals surface area (Å²) in [5, 5.41) is 1.10. The van der Waals surface area contributed by atoms with Crippen LogP contribution < -0.4 is 5.73 Å². The normalized spacial score (nSPS) is 10.6. The Morgan fingerprint density at radius 1 is 1.50 bits per heavy atom. The fourth-order valence-corrected chi connectivity index (χ4v) is 1.83. The zero-order valence-corrected chi connectivity index (χ0v) is 8.28. The van der Waals surface area contributed by atoms with E-state index in [2.05, 4.69) is 4.98 Å². The van der Waals surface area contributed by atoms with E-state index >= 15 is 0 Å². The number of thiazole rings is 1. The average molecular weight is 186 g/mol. The third-order valence-corrected chi connectivity index (χ3v) is 2.54. The molecule has 0 saturated heterocycles. The summed E-state index contributed by atoms with van der Waals surface area (Å²) in [6, 6.07) is 0. The van der Waals surface area contributed by atoms with Crippen LogP contribution in [0, 0.1) is 13.8 Å². The first-order chi connectivity index (χ1) is 5.74. The Morgan fingerprint density at radius 2 is 2.25 bits per heavy atom. The van der Waals surface area contributed by atoms with Gasteiger partial charge in [-0.1, -0.05) is 0 Å². The number of nitrogens with zero attached hydrogens (tertiary/aromatic N) is 1. The number of nitrogens with two attached hydrogens (primary N) is 1. The van der Waals surface area contributed by atoms with Crippen LogP contribution in [-0.4, -0.2) is 18.1 Å². The van der Waals surface area contributed by atoms with Crippen molar-refractivity contribution in [2.45, 2.75) is 20.5 Å². The van der Waals surface area contributed by atoms with Crippen molar-refractivity contribution in [1.29, 1.82) is 0 Å². The van der Waals surface area contributed by atoms with Crippen LogP contribution >= 0.6 is 11.3 Å². The molecule has 0 saturated carbocycles. The maximum atomic E-state index is 5.31. The molecule has 3 nitrogen and oxygen atoms in total. The molecule has 0 amide bonds. The molecule has 0 aliphatic heterocycles. The van der Waals surface area contributed by atoms with Crippen molar-refractivity contribution in [3.05, 3.63) is 15.6 Å². The minimum atomic E-state index is 0.580. The molecule has 0 aromatic carbocycles. The lowest BCUT2D eigenvalue weighted by molar-refractivity contribution is 0.130. The SMILES string of the molecule is Cc1nc(C)c(COCCN)s1. The van der Waals surface area contributed by atoms with Gasteiger partial charge in [0.2, 0.25) is 0 Å². The smallest absolute Gasteiger partial charge is 0.0900 e. The molecule has 4 heteroatoms. The second kappa shape index (κ2) is 4.54. The summed E-state index contributed by atoms with van der Waals surface area (Å²) in [7, 11) is 0. The lowest BCUT2D eigenvalue weighted by atomic mass is 10.4. The van der Waals surface area contributed by atoms with Crippen LogP contribution in [0.3, 0.4) is 0 Å². The van der Waals surface area contributed by atoms with Gasteiger partial charge in [-0.3, -0.25) is 0 Å². The van der Waals surface area contributed by atoms with Crippen LogP contribution in [0.2, 0.25) is 0 Å². The molecule has 0 bridgehead atoms. The number of hydrogen-bond donors (Lipinski definition) is 1. The monoisotopic (exact) mass is 186 g/mol. The topological polar surface area (TPSA) is 48.1 Å². The van der Waals surface area contributed by atoms with Gasteiger partial charge in [0.05, 0.1) is 28.8 Å². The fraction of sp³-hybridized carbons (Fsp3) is 0.625. The van der Waals surface area contributed by atoms with Crippen LogP contribution in [0.5, 0.6) is 0 Å². The second-order valence-electron chi connectivity index (χ2n) is 2.58. The first-order valence-corrected chi connectivity index (χ1v) is 4.76. The number of hydrogen-bond acceptors (Lipinski definition) is 4. The minimum Gasteiger partial charge on any atom is -0.375 e. The van der Waals surface area contributed by atoms with Crippen LogP contribution in [-0.2, 0) is 11.3 Å². The van der Waals surface area contributed by atoms with Crippen molar-refractivity contribution >= 4 is 11.3 Å². The van der Waals surface area contributed by atoms with Gasteiger partial charge in [0.15, 0.2) is 0 Å². The predicted molar refractivity (Wildman–Crippen MR) is 50.3 cm³/mol. The quantitative estimate of drug-likeness (QED) is 0.720. The Morgan fingerprint density at radius 3 is 2.75 bits per heavy atom. The summed E-state index contributed by atoms with van der Waals surface area (Å²) in [5.41, 5.74) is 6.38. The molecular formula is C8H14N2OS. The van der Waals surface area contributed by atoms with Gasteiger partial charge in [0.25, 0.3) is 0 Å². The van der Waals surface area contributed by atoms with E-state index in [0.29, 0.717) is 19.8 Å². The standard InChI is InChI=1S/C8H14N2OS/c1-6-8(5-11-4-3-9)12-7(2)10-6/h3-5,9H2,1-2H3. The van der Waals surface area contributed by atoms with Crippen LogP contribution in [0.4, 0.5) is 0 Å². The molecule has 0 atom stereocenters. The molecule has 1 heterocycles. The Kier molecular flexibility index (Phi) is 3.65. The molecular weight excluding hydrogens is 172 g/mol. The van der Waals surface area contributed by atoms with E-state index in [1.807, 2.05) is 13.8 Å².